The van der Waals surface area contributed by atoms with E-state index in [-0.39, 0.29) is 30.2 Å². The summed E-state index contributed by atoms with van der Waals surface area (Å²) in [6, 6.07) is 13.7. The molecule has 0 radical (unpaired) electrons. The second-order valence-corrected chi connectivity index (χ2v) is 9.93. The summed E-state index contributed by atoms with van der Waals surface area (Å²) in [5.74, 6) is 0.428. The lowest BCUT2D eigenvalue weighted by atomic mass is 9.85. The molecule has 2 unspecified atom stereocenters. The number of ether oxygens (including phenoxy) is 2. The molecule has 4 atom stereocenters. The van der Waals surface area contributed by atoms with Gasteiger partial charge < -0.3 is 19.1 Å². The number of hydrogen-bond acceptors (Lipinski definition) is 5. The monoisotopic (exact) mass is 491 g/mol. The second-order valence-electron chi connectivity index (χ2n) is 9.93. The minimum atomic E-state index is -0.737. The Balaban J connectivity index is 1.64. The Morgan fingerprint density at radius 1 is 1.11 bits per heavy atom. The Hall–Kier alpha value is -3.55. The van der Waals surface area contributed by atoms with Gasteiger partial charge in [-0.1, -0.05) is 24.6 Å². The number of methoxy groups -OCH3 is 1. The van der Waals surface area contributed by atoms with Crippen LogP contribution in [0.1, 0.15) is 69.5 Å². The topological polar surface area (TPSA) is 93.9 Å². The van der Waals surface area contributed by atoms with Crippen LogP contribution in [0.5, 0.6) is 5.75 Å². The zero-order valence-electron chi connectivity index (χ0n) is 21.0. The molecule has 3 aromatic rings. The van der Waals surface area contributed by atoms with Crippen LogP contribution in [0.4, 0.5) is 10.5 Å². The number of carbonyl (C=O) groups is 2. The summed E-state index contributed by atoms with van der Waals surface area (Å²) in [6.45, 7) is 4.01. The Morgan fingerprint density at radius 3 is 2.61 bits per heavy atom. The van der Waals surface area contributed by atoms with Gasteiger partial charge >= 0.3 is 12.1 Å². The van der Waals surface area contributed by atoms with Crippen molar-refractivity contribution in [3.05, 3.63) is 53.9 Å². The molecule has 1 fully saturated rings. The first-order valence-electron chi connectivity index (χ1n) is 12.7. The number of hydrogen-bond donors (Lipinski definition) is 1. The minimum absolute atomic E-state index is 0.0129. The lowest BCUT2D eigenvalue weighted by Gasteiger charge is -2.34. The van der Waals surface area contributed by atoms with Gasteiger partial charge in [0.1, 0.15) is 5.75 Å². The highest BCUT2D eigenvalue weighted by molar-refractivity contribution is 5.95. The highest BCUT2D eigenvalue weighted by atomic mass is 16.5. The van der Waals surface area contributed by atoms with E-state index >= 15 is 0 Å². The van der Waals surface area contributed by atoms with Crippen molar-refractivity contribution in [3.63, 3.8) is 0 Å². The van der Waals surface area contributed by atoms with E-state index in [0.717, 1.165) is 59.5 Å². The molecule has 2 heterocycles. The molecule has 1 aliphatic carbocycles. The van der Waals surface area contributed by atoms with Crippen molar-refractivity contribution < 1.29 is 24.2 Å². The molecule has 1 N–H and O–H groups in total. The Bertz CT molecular complexity index is 1270. The lowest BCUT2D eigenvalue weighted by Crippen LogP contribution is -2.42. The molecule has 2 aliphatic rings. The zero-order valence-corrected chi connectivity index (χ0v) is 21.0. The van der Waals surface area contributed by atoms with Crippen molar-refractivity contribution in [2.24, 2.45) is 5.92 Å². The van der Waals surface area contributed by atoms with Crippen molar-refractivity contribution >= 4 is 28.8 Å². The highest BCUT2D eigenvalue weighted by Gasteiger charge is 2.35. The number of anilines is 1. The van der Waals surface area contributed by atoms with E-state index in [4.69, 9.17) is 14.5 Å². The van der Waals surface area contributed by atoms with Gasteiger partial charge in [-0.15, -0.1) is 0 Å². The van der Waals surface area contributed by atoms with Gasteiger partial charge in [-0.25, -0.2) is 9.78 Å². The molecule has 36 heavy (non-hydrogen) atoms. The van der Waals surface area contributed by atoms with Crippen LogP contribution >= 0.6 is 0 Å². The molecule has 8 heteroatoms. The highest BCUT2D eigenvalue weighted by Crippen LogP contribution is 2.42. The van der Waals surface area contributed by atoms with E-state index in [9.17, 15) is 14.7 Å². The number of aromatic nitrogens is 2. The van der Waals surface area contributed by atoms with Gasteiger partial charge in [0.05, 0.1) is 29.7 Å². The SMILES string of the molecule is COC(=O)N1c2ccc3c(nc(C(C)Oc4ccccc4)n3C3CCC[C@@H](C(=O)O)C3)c2CC[C@@H]1C. The summed E-state index contributed by atoms with van der Waals surface area (Å²) in [6.07, 6.45) is 3.90. The number of nitrogens with zero attached hydrogens (tertiary/aromatic N) is 3. The van der Waals surface area contributed by atoms with E-state index in [2.05, 4.69) is 4.57 Å². The van der Waals surface area contributed by atoms with Crippen LogP contribution in [0.3, 0.4) is 0 Å². The average Bonchev–Trinajstić information content (AvgIpc) is 3.29. The summed E-state index contributed by atoms with van der Waals surface area (Å²) in [4.78, 5) is 31.3. The molecule has 0 saturated heterocycles. The van der Waals surface area contributed by atoms with E-state index < -0.39 is 5.97 Å². The van der Waals surface area contributed by atoms with Crippen molar-refractivity contribution in [1.29, 1.82) is 0 Å². The fourth-order valence-corrected chi connectivity index (χ4v) is 5.84. The molecule has 1 amide bonds. The van der Waals surface area contributed by atoms with Crippen molar-refractivity contribution in [2.75, 3.05) is 12.0 Å². The number of aliphatic carboxylic acids is 1. The molecule has 5 rings (SSSR count). The van der Waals surface area contributed by atoms with E-state index in [1.165, 1.54) is 7.11 Å². The third-order valence-corrected chi connectivity index (χ3v) is 7.63. The Kier molecular flexibility index (Phi) is 6.60. The zero-order chi connectivity index (χ0) is 25.4. The third-order valence-electron chi connectivity index (χ3n) is 7.63. The number of carbonyl (C=O) groups excluding carboxylic acids is 1. The molecular formula is C28H33N3O5. The third kappa shape index (κ3) is 4.29. The van der Waals surface area contributed by atoms with Crippen LogP contribution in [0.25, 0.3) is 11.0 Å². The fraction of sp³-hybridized carbons (Fsp3) is 0.464. The smallest absolute Gasteiger partial charge is 0.414 e. The number of carboxylic acid groups (broad SMARTS) is 1. The van der Waals surface area contributed by atoms with Crippen LogP contribution in [0.15, 0.2) is 42.5 Å². The van der Waals surface area contributed by atoms with E-state index in [1.54, 1.807) is 4.90 Å². The normalized spacial score (nSPS) is 22.6. The maximum Gasteiger partial charge on any atom is 0.414 e. The molecule has 1 saturated carbocycles. The number of imidazole rings is 1. The first-order valence-corrected chi connectivity index (χ1v) is 12.7. The van der Waals surface area contributed by atoms with Gasteiger partial charge in [-0.05, 0) is 70.2 Å². The number of carboxylic acids is 1. The van der Waals surface area contributed by atoms with Crippen molar-refractivity contribution in [2.45, 2.75) is 70.6 Å². The summed E-state index contributed by atoms with van der Waals surface area (Å²) in [5.41, 5.74) is 3.66. The number of amides is 1. The van der Waals surface area contributed by atoms with Crippen LogP contribution in [0.2, 0.25) is 0 Å². The second kappa shape index (κ2) is 9.84. The predicted molar refractivity (Wildman–Crippen MR) is 137 cm³/mol. The minimum Gasteiger partial charge on any atom is -0.483 e. The van der Waals surface area contributed by atoms with Gasteiger partial charge in [0.15, 0.2) is 11.9 Å². The number of benzene rings is 2. The van der Waals surface area contributed by atoms with Gasteiger partial charge in [-0.3, -0.25) is 9.69 Å². The standard InChI is InChI=1S/C28H33N3O5/c1-17-12-13-22-23(30(17)28(34)35-3)14-15-24-25(22)29-26(18(2)36-21-10-5-4-6-11-21)31(24)20-9-7-8-19(16-20)27(32)33/h4-6,10-11,14-15,17-20H,7-9,12-13,16H2,1-3H3,(H,32,33)/t17-,18?,19+,20?/m0/s1. The fourth-order valence-electron chi connectivity index (χ4n) is 5.84. The molecule has 1 aromatic heterocycles. The molecule has 8 nitrogen and oxygen atoms in total. The van der Waals surface area contributed by atoms with Crippen LogP contribution in [0, 0.1) is 5.92 Å². The quantitative estimate of drug-likeness (QED) is 0.478. The number of para-hydroxylation sites is 1. The lowest BCUT2D eigenvalue weighted by molar-refractivity contribution is -0.143. The first-order chi connectivity index (χ1) is 17.4. The molecular weight excluding hydrogens is 458 g/mol. The molecule has 1 aliphatic heterocycles. The molecule has 2 aromatic carbocycles. The van der Waals surface area contributed by atoms with Gasteiger partial charge in [0.25, 0.3) is 0 Å². The molecule has 0 bridgehead atoms. The van der Waals surface area contributed by atoms with Gasteiger partial charge in [0.2, 0.25) is 0 Å². The maximum atomic E-state index is 12.6. The Morgan fingerprint density at radius 2 is 1.89 bits per heavy atom. The van der Waals surface area contributed by atoms with Gasteiger partial charge in [-0.2, -0.15) is 0 Å². The summed E-state index contributed by atoms with van der Waals surface area (Å²) in [7, 11) is 1.40. The predicted octanol–water partition coefficient (Wildman–Crippen LogP) is 5.90. The Labute approximate surface area is 210 Å². The number of aryl methyl sites for hydroxylation is 1. The van der Waals surface area contributed by atoms with E-state index in [0.29, 0.717) is 12.8 Å². The van der Waals surface area contributed by atoms with Gasteiger partial charge in [0, 0.05) is 17.6 Å². The molecule has 0 spiro atoms. The van der Waals surface area contributed by atoms with Crippen molar-refractivity contribution in [1.82, 2.24) is 9.55 Å². The number of rotatable bonds is 5. The maximum absolute atomic E-state index is 12.6. The van der Waals surface area contributed by atoms with E-state index in [1.807, 2.05) is 56.3 Å². The summed E-state index contributed by atoms with van der Waals surface area (Å²) < 4.78 is 13.6. The average molecular weight is 492 g/mol. The van der Waals surface area contributed by atoms with Crippen LogP contribution in [-0.4, -0.2) is 39.9 Å². The van der Waals surface area contributed by atoms with Crippen molar-refractivity contribution in [3.8, 4) is 5.75 Å². The van der Waals surface area contributed by atoms with Crippen LogP contribution in [-0.2, 0) is 16.0 Å². The first kappa shape index (κ1) is 24.2. The molecule has 190 valence electrons. The summed E-state index contributed by atoms with van der Waals surface area (Å²) >= 11 is 0. The number of fused-ring (bicyclic) bond motifs is 3. The van der Waals surface area contributed by atoms with Crippen LogP contribution < -0.4 is 9.64 Å². The summed E-state index contributed by atoms with van der Waals surface area (Å²) in [5, 5.41) is 9.73. The largest absolute Gasteiger partial charge is 0.483 e.